The molecule has 15 heavy (non-hydrogen) atoms. The molecule has 1 fully saturated rings. The molecule has 0 aromatic carbocycles. The normalized spacial score (nSPS) is 21.7. The Hall–Kier alpha value is -0.800. The largest absolute Gasteiger partial charge is 0.351 e. The number of piperazine rings is 1. The molecule has 1 aromatic rings. The molecular weight excluding hydrogens is 210 g/mol. The van der Waals surface area contributed by atoms with Gasteiger partial charge in [-0.05, 0) is 18.6 Å². The molecule has 0 saturated carbocycles. The van der Waals surface area contributed by atoms with E-state index >= 15 is 0 Å². The monoisotopic (exact) mass is 225 g/mol. The number of pyridine rings is 1. The first-order valence-corrected chi connectivity index (χ1v) is 5.78. The number of hydrogen-bond acceptors (Lipinski definition) is 3. The van der Waals surface area contributed by atoms with Gasteiger partial charge in [0.1, 0.15) is 5.82 Å². The van der Waals surface area contributed by atoms with E-state index in [1.165, 1.54) is 0 Å². The number of nitrogens with one attached hydrogen (secondary N) is 1. The van der Waals surface area contributed by atoms with E-state index in [4.69, 9.17) is 11.6 Å². The van der Waals surface area contributed by atoms with Gasteiger partial charge >= 0.3 is 0 Å². The SMILES string of the molecule is CCC1CNCCN1c1ccc(Cl)cn1. The van der Waals surface area contributed by atoms with Gasteiger partial charge in [-0.1, -0.05) is 18.5 Å². The maximum Gasteiger partial charge on any atom is 0.128 e. The highest BCUT2D eigenvalue weighted by atomic mass is 35.5. The van der Waals surface area contributed by atoms with Crippen LogP contribution in [0.5, 0.6) is 0 Å². The summed E-state index contributed by atoms with van der Waals surface area (Å²) in [6.45, 7) is 5.30. The lowest BCUT2D eigenvalue weighted by molar-refractivity contribution is 0.463. The number of hydrogen-bond donors (Lipinski definition) is 1. The first kappa shape index (κ1) is 10.7. The zero-order valence-corrected chi connectivity index (χ0v) is 9.67. The molecule has 0 spiro atoms. The van der Waals surface area contributed by atoms with Crippen LogP contribution in [0.3, 0.4) is 0 Å². The van der Waals surface area contributed by atoms with Crippen LogP contribution in [0.1, 0.15) is 13.3 Å². The molecule has 2 rings (SSSR count). The summed E-state index contributed by atoms with van der Waals surface area (Å²) in [6.07, 6.45) is 2.85. The number of aromatic nitrogens is 1. The molecule has 1 N–H and O–H groups in total. The molecule has 2 heterocycles. The van der Waals surface area contributed by atoms with Crippen LogP contribution in [0.15, 0.2) is 18.3 Å². The summed E-state index contributed by atoms with van der Waals surface area (Å²) in [4.78, 5) is 6.72. The lowest BCUT2D eigenvalue weighted by atomic mass is 10.1. The summed E-state index contributed by atoms with van der Waals surface area (Å²) in [5, 5.41) is 4.10. The number of anilines is 1. The van der Waals surface area contributed by atoms with E-state index in [0.717, 1.165) is 31.9 Å². The summed E-state index contributed by atoms with van der Waals surface area (Å²) < 4.78 is 0. The molecule has 1 saturated heterocycles. The average molecular weight is 226 g/mol. The highest BCUT2D eigenvalue weighted by Gasteiger charge is 2.21. The van der Waals surface area contributed by atoms with E-state index in [-0.39, 0.29) is 0 Å². The summed E-state index contributed by atoms with van der Waals surface area (Å²) in [7, 11) is 0. The number of rotatable bonds is 2. The van der Waals surface area contributed by atoms with Crippen LogP contribution in [-0.2, 0) is 0 Å². The van der Waals surface area contributed by atoms with Gasteiger partial charge in [-0.2, -0.15) is 0 Å². The Balaban J connectivity index is 2.16. The van der Waals surface area contributed by atoms with Crippen molar-refractivity contribution in [3.63, 3.8) is 0 Å². The zero-order chi connectivity index (χ0) is 10.7. The van der Waals surface area contributed by atoms with Crippen molar-refractivity contribution in [2.75, 3.05) is 24.5 Å². The van der Waals surface area contributed by atoms with E-state index in [9.17, 15) is 0 Å². The van der Waals surface area contributed by atoms with Gasteiger partial charge in [-0.3, -0.25) is 0 Å². The standard InChI is InChI=1S/C11H16ClN3/c1-2-10-8-13-5-6-15(10)11-4-3-9(12)7-14-11/h3-4,7,10,13H,2,5-6,8H2,1H3. The summed E-state index contributed by atoms with van der Waals surface area (Å²) in [5.41, 5.74) is 0. The lowest BCUT2D eigenvalue weighted by Crippen LogP contribution is -2.51. The molecule has 0 bridgehead atoms. The topological polar surface area (TPSA) is 28.2 Å². The van der Waals surface area contributed by atoms with Crippen molar-refractivity contribution in [3.05, 3.63) is 23.4 Å². The van der Waals surface area contributed by atoms with Crippen molar-refractivity contribution in [1.29, 1.82) is 0 Å². The molecule has 4 heteroatoms. The Morgan fingerprint density at radius 3 is 3.13 bits per heavy atom. The fraction of sp³-hybridized carbons (Fsp3) is 0.545. The van der Waals surface area contributed by atoms with Gasteiger partial charge in [0, 0.05) is 31.9 Å². The number of nitrogens with zero attached hydrogens (tertiary/aromatic N) is 2. The Morgan fingerprint density at radius 1 is 1.60 bits per heavy atom. The predicted octanol–water partition coefficient (Wildman–Crippen LogP) is 1.92. The van der Waals surface area contributed by atoms with E-state index in [1.54, 1.807) is 6.20 Å². The highest BCUT2D eigenvalue weighted by Crippen LogP contribution is 2.18. The lowest BCUT2D eigenvalue weighted by Gasteiger charge is -2.36. The van der Waals surface area contributed by atoms with Gasteiger partial charge in [0.2, 0.25) is 0 Å². The van der Waals surface area contributed by atoms with Crippen LogP contribution in [0, 0.1) is 0 Å². The third-order valence-corrected chi connectivity index (χ3v) is 3.05. The fourth-order valence-corrected chi connectivity index (χ4v) is 2.08. The minimum Gasteiger partial charge on any atom is -0.351 e. The molecule has 1 atom stereocenters. The quantitative estimate of drug-likeness (QED) is 0.834. The van der Waals surface area contributed by atoms with Crippen molar-refractivity contribution in [1.82, 2.24) is 10.3 Å². The van der Waals surface area contributed by atoms with Crippen molar-refractivity contribution < 1.29 is 0 Å². The van der Waals surface area contributed by atoms with Gasteiger partial charge in [0.05, 0.1) is 5.02 Å². The molecule has 0 radical (unpaired) electrons. The molecular formula is C11H16ClN3. The summed E-state index contributed by atoms with van der Waals surface area (Å²) in [6, 6.07) is 4.45. The fourth-order valence-electron chi connectivity index (χ4n) is 1.97. The maximum absolute atomic E-state index is 5.83. The molecule has 82 valence electrons. The third kappa shape index (κ3) is 2.41. The van der Waals surface area contributed by atoms with Crippen LogP contribution < -0.4 is 10.2 Å². The Bertz CT molecular complexity index is 312. The van der Waals surface area contributed by atoms with Gasteiger partial charge in [-0.25, -0.2) is 4.98 Å². The Morgan fingerprint density at radius 2 is 2.47 bits per heavy atom. The minimum absolute atomic E-state index is 0.549. The molecule has 1 aliphatic heterocycles. The van der Waals surface area contributed by atoms with Crippen molar-refractivity contribution in [2.24, 2.45) is 0 Å². The predicted molar refractivity (Wildman–Crippen MR) is 63.5 cm³/mol. The van der Waals surface area contributed by atoms with E-state index in [2.05, 4.69) is 22.1 Å². The van der Waals surface area contributed by atoms with Gasteiger partial charge in [0.25, 0.3) is 0 Å². The van der Waals surface area contributed by atoms with Crippen molar-refractivity contribution >= 4 is 17.4 Å². The van der Waals surface area contributed by atoms with Crippen molar-refractivity contribution in [3.8, 4) is 0 Å². The van der Waals surface area contributed by atoms with E-state index < -0.39 is 0 Å². The maximum atomic E-state index is 5.83. The Labute approximate surface area is 95.4 Å². The van der Waals surface area contributed by atoms with Crippen LogP contribution in [-0.4, -0.2) is 30.7 Å². The Kier molecular flexibility index (Phi) is 3.44. The molecule has 1 unspecified atom stereocenters. The third-order valence-electron chi connectivity index (χ3n) is 2.83. The molecule has 0 amide bonds. The smallest absolute Gasteiger partial charge is 0.128 e. The van der Waals surface area contributed by atoms with Crippen molar-refractivity contribution in [2.45, 2.75) is 19.4 Å². The van der Waals surface area contributed by atoms with Gasteiger partial charge in [-0.15, -0.1) is 0 Å². The first-order valence-electron chi connectivity index (χ1n) is 5.40. The molecule has 1 aromatic heterocycles. The highest BCUT2D eigenvalue weighted by molar-refractivity contribution is 6.30. The summed E-state index contributed by atoms with van der Waals surface area (Å²) >= 11 is 5.83. The molecule has 1 aliphatic rings. The molecule has 3 nitrogen and oxygen atoms in total. The van der Waals surface area contributed by atoms with Gasteiger partial charge < -0.3 is 10.2 Å². The minimum atomic E-state index is 0.549. The van der Waals surface area contributed by atoms with E-state index in [1.807, 2.05) is 12.1 Å². The number of halogens is 1. The van der Waals surface area contributed by atoms with Crippen LogP contribution in [0.25, 0.3) is 0 Å². The second-order valence-corrected chi connectivity index (χ2v) is 4.23. The average Bonchev–Trinajstić information content (AvgIpc) is 2.30. The molecule has 0 aliphatic carbocycles. The van der Waals surface area contributed by atoms with Crippen LogP contribution in [0.2, 0.25) is 5.02 Å². The van der Waals surface area contributed by atoms with Gasteiger partial charge in [0.15, 0.2) is 0 Å². The first-order chi connectivity index (χ1) is 7.31. The van der Waals surface area contributed by atoms with E-state index in [0.29, 0.717) is 11.1 Å². The zero-order valence-electron chi connectivity index (χ0n) is 8.91. The second-order valence-electron chi connectivity index (χ2n) is 3.79. The van der Waals surface area contributed by atoms with Crippen LogP contribution >= 0.6 is 11.6 Å². The second kappa shape index (κ2) is 4.81. The summed E-state index contributed by atoms with van der Waals surface area (Å²) in [5.74, 6) is 1.03. The van der Waals surface area contributed by atoms with Crippen LogP contribution in [0.4, 0.5) is 5.82 Å².